The Bertz CT molecular complexity index is 1000. The number of aromatic nitrogens is 1. The van der Waals surface area contributed by atoms with E-state index in [2.05, 4.69) is 18.0 Å². The summed E-state index contributed by atoms with van der Waals surface area (Å²) in [6.07, 6.45) is 0. The third-order valence-corrected chi connectivity index (χ3v) is 5.65. The van der Waals surface area contributed by atoms with Crippen molar-refractivity contribution in [2.24, 2.45) is 0 Å². The van der Waals surface area contributed by atoms with E-state index in [0.717, 1.165) is 16.1 Å². The number of amides is 1. The van der Waals surface area contributed by atoms with E-state index in [1.807, 2.05) is 26.0 Å². The van der Waals surface area contributed by atoms with Crippen molar-refractivity contribution >= 4 is 17.2 Å². The van der Waals surface area contributed by atoms with E-state index in [0.29, 0.717) is 17.1 Å². The summed E-state index contributed by atoms with van der Waals surface area (Å²) in [5, 5.41) is 0.842. The zero-order valence-corrected chi connectivity index (χ0v) is 17.3. The molecule has 3 aromatic rings. The minimum absolute atomic E-state index is 0.108. The number of thiazole rings is 1. The number of halogens is 1. The number of aryl methyl sites for hydroxylation is 3. The molecule has 28 heavy (non-hydrogen) atoms. The van der Waals surface area contributed by atoms with Crippen LogP contribution in [0.2, 0.25) is 0 Å². The molecule has 0 saturated heterocycles. The first kappa shape index (κ1) is 20.0. The van der Waals surface area contributed by atoms with Crippen molar-refractivity contribution in [3.8, 4) is 16.3 Å². The van der Waals surface area contributed by atoms with Gasteiger partial charge in [-0.05, 0) is 38.5 Å². The fraction of sp³-hybridized carbons (Fsp3) is 0.273. The predicted octanol–water partition coefficient (Wildman–Crippen LogP) is 5.03. The summed E-state index contributed by atoms with van der Waals surface area (Å²) in [4.78, 5) is 19.6. The van der Waals surface area contributed by atoms with Crippen LogP contribution in [0.3, 0.4) is 0 Å². The third-order valence-electron chi connectivity index (χ3n) is 4.47. The van der Waals surface area contributed by atoms with Crippen LogP contribution in [0.5, 0.6) is 5.75 Å². The summed E-state index contributed by atoms with van der Waals surface area (Å²) in [6, 6.07) is 12.4. The molecule has 0 fully saturated rings. The standard InChI is InChI=1S/C22H23FN2O2S/c1-14-9-10-17(15(2)13-14)21-24-16(3)20(28-21)22(26)25(4)11-12-27-19-8-6-5-7-18(19)23/h5-10,13H,11-12H2,1-4H3. The molecule has 0 N–H and O–H groups in total. The van der Waals surface area contributed by atoms with Gasteiger partial charge in [-0.2, -0.15) is 0 Å². The Morgan fingerprint density at radius 1 is 1.18 bits per heavy atom. The Balaban J connectivity index is 1.68. The van der Waals surface area contributed by atoms with Crippen LogP contribution in [-0.4, -0.2) is 36.0 Å². The van der Waals surface area contributed by atoms with Gasteiger partial charge in [0, 0.05) is 12.6 Å². The van der Waals surface area contributed by atoms with Crippen LogP contribution in [0.15, 0.2) is 42.5 Å². The van der Waals surface area contributed by atoms with Gasteiger partial charge >= 0.3 is 0 Å². The lowest BCUT2D eigenvalue weighted by Gasteiger charge is -2.17. The SMILES string of the molecule is Cc1ccc(-c2nc(C)c(C(=O)N(C)CCOc3ccccc3F)s2)c(C)c1. The first-order valence-electron chi connectivity index (χ1n) is 9.04. The lowest BCUT2D eigenvalue weighted by Crippen LogP contribution is -2.30. The second-order valence-corrected chi connectivity index (χ2v) is 7.76. The maximum atomic E-state index is 13.6. The van der Waals surface area contributed by atoms with E-state index in [1.165, 1.54) is 23.0 Å². The lowest BCUT2D eigenvalue weighted by atomic mass is 10.1. The molecule has 1 heterocycles. The molecular weight excluding hydrogens is 375 g/mol. The predicted molar refractivity (Wildman–Crippen MR) is 111 cm³/mol. The molecule has 0 atom stereocenters. The highest BCUT2D eigenvalue weighted by molar-refractivity contribution is 7.17. The summed E-state index contributed by atoms with van der Waals surface area (Å²) in [5.74, 6) is -0.328. The number of ether oxygens (including phenoxy) is 1. The molecule has 4 nitrogen and oxygen atoms in total. The molecule has 0 unspecified atom stereocenters. The number of benzene rings is 2. The van der Waals surface area contributed by atoms with Gasteiger partial charge < -0.3 is 9.64 Å². The molecule has 0 radical (unpaired) electrons. The van der Waals surface area contributed by atoms with E-state index in [9.17, 15) is 9.18 Å². The lowest BCUT2D eigenvalue weighted by molar-refractivity contribution is 0.0776. The molecule has 146 valence electrons. The Kier molecular flexibility index (Phi) is 6.09. The fourth-order valence-corrected chi connectivity index (χ4v) is 4.04. The van der Waals surface area contributed by atoms with E-state index in [-0.39, 0.29) is 18.3 Å². The Labute approximate surface area is 168 Å². The number of likely N-dealkylation sites (N-methyl/N-ethyl adjacent to an activating group) is 1. The first-order chi connectivity index (χ1) is 13.4. The summed E-state index contributed by atoms with van der Waals surface area (Å²) in [6.45, 7) is 6.51. The van der Waals surface area contributed by atoms with Crippen molar-refractivity contribution in [2.75, 3.05) is 20.2 Å². The van der Waals surface area contributed by atoms with Crippen LogP contribution in [-0.2, 0) is 0 Å². The fourth-order valence-electron chi connectivity index (χ4n) is 2.89. The van der Waals surface area contributed by atoms with E-state index < -0.39 is 5.82 Å². The monoisotopic (exact) mass is 398 g/mol. The highest BCUT2D eigenvalue weighted by atomic mass is 32.1. The zero-order chi connectivity index (χ0) is 20.3. The van der Waals surface area contributed by atoms with E-state index in [1.54, 1.807) is 30.1 Å². The minimum atomic E-state index is -0.409. The van der Waals surface area contributed by atoms with Crippen molar-refractivity contribution < 1.29 is 13.9 Å². The molecule has 0 spiro atoms. The highest BCUT2D eigenvalue weighted by Crippen LogP contribution is 2.31. The first-order valence-corrected chi connectivity index (χ1v) is 9.86. The molecule has 1 amide bonds. The largest absolute Gasteiger partial charge is 0.489 e. The number of para-hydroxylation sites is 1. The van der Waals surface area contributed by atoms with Gasteiger partial charge in [0.05, 0.1) is 12.2 Å². The van der Waals surface area contributed by atoms with E-state index >= 15 is 0 Å². The molecule has 3 rings (SSSR count). The Morgan fingerprint density at radius 3 is 2.64 bits per heavy atom. The van der Waals surface area contributed by atoms with Gasteiger partial charge in [-0.25, -0.2) is 9.37 Å². The molecule has 2 aromatic carbocycles. The molecule has 0 aliphatic heterocycles. The van der Waals surface area contributed by atoms with Crippen molar-refractivity contribution in [1.82, 2.24) is 9.88 Å². The Hall–Kier alpha value is -2.73. The summed E-state index contributed by atoms with van der Waals surface area (Å²) in [5.41, 5.74) is 4.09. The molecule has 0 saturated carbocycles. The van der Waals surface area contributed by atoms with Crippen LogP contribution in [0.25, 0.3) is 10.6 Å². The van der Waals surface area contributed by atoms with Gasteiger partial charge in [0.2, 0.25) is 0 Å². The molecule has 6 heteroatoms. The van der Waals surface area contributed by atoms with Gasteiger partial charge in [0.25, 0.3) is 5.91 Å². The average Bonchev–Trinajstić information content (AvgIpc) is 3.03. The van der Waals surface area contributed by atoms with Crippen molar-refractivity contribution in [2.45, 2.75) is 20.8 Å². The van der Waals surface area contributed by atoms with Crippen molar-refractivity contribution in [1.29, 1.82) is 0 Å². The molecule has 0 aliphatic carbocycles. The Morgan fingerprint density at radius 2 is 1.93 bits per heavy atom. The second kappa shape index (κ2) is 8.52. The summed E-state index contributed by atoms with van der Waals surface area (Å²) in [7, 11) is 1.71. The second-order valence-electron chi connectivity index (χ2n) is 6.76. The molecule has 1 aromatic heterocycles. The average molecular weight is 399 g/mol. The number of carbonyl (C=O) groups excluding carboxylic acids is 1. The van der Waals surface area contributed by atoms with Crippen LogP contribution < -0.4 is 4.74 Å². The van der Waals surface area contributed by atoms with Gasteiger partial charge in [0.1, 0.15) is 16.5 Å². The normalized spacial score (nSPS) is 10.8. The molecule has 0 bridgehead atoms. The zero-order valence-electron chi connectivity index (χ0n) is 16.5. The summed E-state index contributed by atoms with van der Waals surface area (Å²) < 4.78 is 19.0. The van der Waals surface area contributed by atoms with Gasteiger partial charge in [-0.1, -0.05) is 35.9 Å². The third kappa shape index (κ3) is 4.39. The maximum Gasteiger partial charge on any atom is 0.265 e. The van der Waals surface area contributed by atoms with E-state index in [4.69, 9.17) is 4.74 Å². The molecule has 0 aliphatic rings. The quantitative estimate of drug-likeness (QED) is 0.585. The maximum absolute atomic E-state index is 13.6. The van der Waals surface area contributed by atoms with Gasteiger partial charge in [0.15, 0.2) is 11.6 Å². The van der Waals surface area contributed by atoms with Crippen LogP contribution in [0, 0.1) is 26.6 Å². The van der Waals surface area contributed by atoms with Crippen molar-refractivity contribution in [3.63, 3.8) is 0 Å². The van der Waals surface area contributed by atoms with Crippen LogP contribution >= 0.6 is 11.3 Å². The summed E-state index contributed by atoms with van der Waals surface area (Å²) >= 11 is 1.40. The van der Waals surface area contributed by atoms with Crippen molar-refractivity contribution in [3.05, 3.63) is 70.0 Å². The number of hydrogen-bond donors (Lipinski definition) is 0. The number of rotatable bonds is 6. The van der Waals surface area contributed by atoms with Crippen LogP contribution in [0.4, 0.5) is 4.39 Å². The highest BCUT2D eigenvalue weighted by Gasteiger charge is 2.20. The molecular formula is C22H23FN2O2S. The number of nitrogens with zero attached hydrogens (tertiary/aromatic N) is 2. The van der Waals surface area contributed by atoms with Crippen LogP contribution in [0.1, 0.15) is 26.5 Å². The number of carbonyl (C=O) groups is 1. The van der Waals surface area contributed by atoms with Gasteiger partial charge in [-0.15, -0.1) is 11.3 Å². The topological polar surface area (TPSA) is 42.4 Å². The smallest absolute Gasteiger partial charge is 0.265 e. The number of hydrogen-bond acceptors (Lipinski definition) is 4. The van der Waals surface area contributed by atoms with Gasteiger partial charge in [-0.3, -0.25) is 4.79 Å². The minimum Gasteiger partial charge on any atom is -0.489 e.